The van der Waals surface area contributed by atoms with Gasteiger partial charge in [-0.05, 0) is 0 Å². The lowest BCUT2D eigenvalue weighted by Gasteiger charge is -2.11. The molecule has 0 fully saturated rings. The molecule has 2 N–H and O–H groups in total. The van der Waals surface area contributed by atoms with Crippen molar-refractivity contribution in [2.24, 2.45) is 5.73 Å². The molecule has 0 saturated carbocycles. The number of hydrogen-bond acceptors (Lipinski definition) is 3. The van der Waals surface area contributed by atoms with Crippen LogP contribution in [-0.2, 0) is 6.54 Å². The molecule has 0 spiro atoms. The van der Waals surface area contributed by atoms with Crippen molar-refractivity contribution >= 4 is 0 Å². The first-order valence-corrected chi connectivity index (χ1v) is 3.52. The Morgan fingerprint density at radius 2 is 2.07 bits per heavy atom. The predicted molar refractivity (Wildman–Crippen MR) is 38.8 cm³/mol. The van der Waals surface area contributed by atoms with Gasteiger partial charge in [-0.2, -0.15) is 0 Å². The molecule has 1 aromatic heterocycles. The maximum Gasteiger partial charge on any atom is 0.573 e. The minimum absolute atomic E-state index is 0.149. The smallest absolute Gasteiger partial charge is 0.404 e. The van der Waals surface area contributed by atoms with E-state index in [0.717, 1.165) is 6.20 Å². The first-order chi connectivity index (χ1) is 6.42. The van der Waals surface area contributed by atoms with Gasteiger partial charge < -0.3 is 10.5 Å². The van der Waals surface area contributed by atoms with Gasteiger partial charge in [0, 0.05) is 12.6 Å². The van der Waals surface area contributed by atoms with Crippen molar-refractivity contribution in [1.29, 1.82) is 0 Å². The van der Waals surface area contributed by atoms with Gasteiger partial charge in [-0.15, -0.1) is 13.2 Å². The molecule has 0 amide bonds. The monoisotopic (exact) mass is 210 g/mol. The maximum absolute atomic E-state index is 12.5. The van der Waals surface area contributed by atoms with Crippen molar-refractivity contribution in [3.8, 4) is 5.75 Å². The average molecular weight is 210 g/mol. The third-order valence-corrected chi connectivity index (χ3v) is 1.32. The van der Waals surface area contributed by atoms with Crippen LogP contribution >= 0.6 is 0 Å². The van der Waals surface area contributed by atoms with Crippen LogP contribution < -0.4 is 10.5 Å². The standard InChI is InChI=1S/C7H6F4N2O/c8-4-1-6(14-7(9,10)11)5(2-12)13-3-4/h1,3H,2,12H2. The van der Waals surface area contributed by atoms with Crippen LogP contribution in [-0.4, -0.2) is 11.3 Å². The van der Waals surface area contributed by atoms with E-state index in [2.05, 4.69) is 9.72 Å². The normalized spacial score (nSPS) is 11.5. The summed E-state index contributed by atoms with van der Waals surface area (Å²) in [5, 5.41) is 0. The Morgan fingerprint density at radius 1 is 1.43 bits per heavy atom. The Labute approximate surface area is 76.5 Å². The fraction of sp³-hybridized carbons (Fsp3) is 0.286. The molecule has 0 bridgehead atoms. The number of pyridine rings is 1. The summed E-state index contributed by atoms with van der Waals surface area (Å²) in [4.78, 5) is 3.36. The molecule has 3 nitrogen and oxygen atoms in total. The molecular weight excluding hydrogens is 204 g/mol. The highest BCUT2D eigenvalue weighted by Gasteiger charge is 2.32. The van der Waals surface area contributed by atoms with Gasteiger partial charge >= 0.3 is 6.36 Å². The number of ether oxygens (including phenoxy) is 1. The fourth-order valence-corrected chi connectivity index (χ4v) is 0.815. The quantitative estimate of drug-likeness (QED) is 0.754. The zero-order valence-corrected chi connectivity index (χ0v) is 6.81. The number of rotatable bonds is 2. The van der Waals surface area contributed by atoms with E-state index in [1.165, 1.54) is 0 Å². The fourth-order valence-electron chi connectivity index (χ4n) is 0.815. The Balaban J connectivity index is 2.99. The molecule has 78 valence electrons. The lowest BCUT2D eigenvalue weighted by atomic mass is 10.3. The molecule has 1 aromatic rings. The summed E-state index contributed by atoms with van der Waals surface area (Å²) in [6.07, 6.45) is -4.11. The Bertz CT molecular complexity index is 326. The molecule has 1 rings (SSSR count). The highest BCUT2D eigenvalue weighted by Crippen LogP contribution is 2.25. The Hall–Kier alpha value is -1.37. The topological polar surface area (TPSA) is 48.1 Å². The molecule has 0 aliphatic rings. The van der Waals surface area contributed by atoms with Gasteiger partial charge in [0.25, 0.3) is 0 Å². The lowest BCUT2D eigenvalue weighted by molar-refractivity contribution is -0.275. The number of nitrogens with zero attached hydrogens (tertiary/aromatic N) is 1. The molecule has 7 heteroatoms. The van der Waals surface area contributed by atoms with Crippen LogP contribution in [0.3, 0.4) is 0 Å². The van der Waals surface area contributed by atoms with Crippen molar-refractivity contribution in [2.45, 2.75) is 12.9 Å². The zero-order chi connectivity index (χ0) is 10.8. The van der Waals surface area contributed by atoms with E-state index in [-0.39, 0.29) is 12.2 Å². The van der Waals surface area contributed by atoms with E-state index in [9.17, 15) is 17.6 Å². The number of nitrogens with two attached hydrogens (primary N) is 1. The van der Waals surface area contributed by atoms with Crippen LogP contribution in [0.25, 0.3) is 0 Å². The second kappa shape index (κ2) is 3.79. The van der Waals surface area contributed by atoms with Gasteiger partial charge in [0.15, 0.2) is 5.75 Å². The summed E-state index contributed by atoms with van der Waals surface area (Å²) in [6.45, 7) is -0.258. The molecule has 0 atom stereocenters. The van der Waals surface area contributed by atoms with Crippen molar-refractivity contribution < 1.29 is 22.3 Å². The van der Waals surface area contributed by atoms with E-state index in [1.807, 2.05) is 0 Å². The molecule has 0 aliphatic carbocycles. The van der Waals surface area contributed by atoms with Crippen LogP contribution in [0.5, 0.6) is 5.75 Å². The van der Waals surface area contributed by atoms with E-state index in [0.29, 0.717) is 6.07 Å². The van der Waals surface area contributed by atoms with E-state index < -0.39 is 17.9 Å². The van der Waals surface area contributed by atoms with Gasteiger partial charge in [0.1, 0.15) is 5.82 Å². The third kappa shape index (κ3) is 2.84. The molecule has 14 heavy (non-hydrogen) atoms. The van der Waals surface area contributed by atoms with Crippen molar-refractivity contribution in [1.82, 2.24) is 4.98 Å². The molecule has 0 aliphatic heterocycles. The second-order valence-corrected chi connectivity index (χ2v) is 2.35. The predicted octanol–water partition coefficient (Wildman–Crippen LogP) is 1.58. The van der Waals surface area contributed by atoms with Crippen LogP contribution in [0.2, 0.25) is 0 Å². The SMILES string of the molecule is NCc1ncc(F)cc1OC(F)(F)F. The first kappa shape index (κ1) is 10.7. The number of hydrogen-bond donors (Lipinski definition) is 1. The van der Waals surface area contributed by atoms with Crippen molar-refractivity contribution in [2.75, 3.05) is 0 Å². The maximum atomic E-state index is 12.5. The summed E-state index contributed by atoms with van der Waals surface area (Å²) < 4.78 is 51.4. The second-order valence-electron chi connectivity index (χ2n) is 2.35. The minimum atomic E-state index is -4.88. The highest BCUT2D eigenvalue weighted by atomic mass is 19.4. The minimum Gasteiger partial charge on any atom is -0.404 e. The first-order valence-electron chi connectivity index (χ1n) is 3.52. The number of alkyl halides is 3. The van der Waals surface area contributed by atoms with Crippen molar-refractivity contribution in [3.63, 3.8) is 0 Å². The van der Waals surface area contributed by atoms with E-state index >= 15 is 0 Å². The lowest BCUT2D eigenvalue weighted by Crippen LogP contribution is -2.19. The van der Waals surface area contributed by atoms with Crippen molar-refractivity contribution in [3.05, 3.63) is 23.8 Å². The number of halogens is 4. The molecule has 0 saturated heterocycles. The zero-order valence-electron chi connectivity index (χ0n) is 6.81. The average Bonchev–Trinajstić information content (AvgIpc) is 2.01. The van der Waals surface area contributed by atoms with Gasteiger partial charge in [0.2, 0.25) is 0 Å². The molecular formula is C7H6F4N2O. The molecule has 1 heterocycles. The van der Waals surface area contributed by atoms with Crippen LogP contribution in [0, 0.1) is 5.82 Å². The Morgan fingerprint density at radius 3 is 2.57 bits per heavy atom. The summed E-state index contributed by atoms with van der Waals surface area (Å²) >= 11 is 0. The van der Waals surface area contributed by atoms with E-state index in [4.69, 9.17) is 5.73 Å². The molecule has 0 radical (unpaired) electrons. The van der Waals surface area contributed by atoms with Gasteiger partial charge in [-0.1, -0.05) is 0 Å². The van der Waals surface area contributed by atoms with Gasteiger partial charge in [0.05, 0.1) is 11.9 Å². The third-order valence-electron chi connectivity index (χ3n) is 1.32. The van der Waals surface area contributed by atoms with Crippen LogP contribution in [0.15, 0.2) is 12.3 Å². The summed E-state index contributed by atoms with van der Waals surface area (Å²) in [7, 11) is 0. The largest absolute Gasteiger partial charge is 0.573 e. The summed E-state index contributed by atoms with van der Waals surface area (Å²) in [5.41, 5.74) is 4.94. The van der Waals surface area contributed by atoms with Crippen LogP contribution in [0.1, 0.15) is 5.69 Å². The molecule has 0 unspecified atom stereocenters. The molecule has 0 aromatic carbocycles. The Kier molecular flexibility index (Phi) is 2.90. The highest BCUT2D eigenvalue weighted by molar-refractivity contribution is 5.27. The summed E-state index contributed by atoms with van der Waals surface area (Å²) in [6, 6.07) is 0.586. The van der Waals surface area contributed by atoms with E-state index in [1.54, 1.807) is 0 Å². The van der Waals surface area contributed by atoms with Gasteiger partial charge in [-0.3, -0.25) is 4.98 Å². The summed E-state index contributed by atoms with van der Waals surface area (Å²) in [5.74, 6) is -1.62. The van der Waals surface area contributed by atoms with Gasteiger partial charge in [-0.25, -0.2) is 4.39 Å². The number of aromatic nitrogens is 1. The van der Waals surface area contributed by atoms with Crippen LogP contribution in [0.4, 0.5) is 17.6 Å².